The summed E-state index contributed by atoms with van der Waals surface area (Å²) in [5, 5.41) is 3.02. The lowest BCUT2D eigenvalue weighted by Gasteiger charge is -2.43. The van der Waals surface area contributed by atoms with Gasteiger partial charge in [-0.1, -0.05) is 12.8 Å². The molecule has 96 valence electrons. The molecule has 2 rings (SSSR count). The number of carbonyl (C=O) groups is 2. The lowest BCUT2D eigenvalue weighted by Crippen LogP contribution is -2.62. The van der Waals surface area contributed by atoms with Gasteiger partial charge in [-0.15, -0.1) is 0 Å². The number of carbonyl (C=O) groups excluding carboxylic acids is 2. The Morgan fingerprint density at radius 2 is 2.24 bits per heavy atom. The molecule has 1 heterocycles. The summed E-state index contributed by atoms with van der Waals surface area (Å²) in [4.78, 5) is 25.0. The van der Waals surface area contributed by atoms with Gasteiger partial charge in [0.2, 0.25) is 5.91 Å². The van der Waals surface area contributed by atoms with Crippen LogP contribution in [0.3, 0.4) is 0 Å². The molecule has 0 bridgehead atoms. The van der Waals surface area contributed by atoms with Gasteiger partial charge in [0.05, 0.1) is 19.7 Å². The first-order valence-corrected chi connectivity index (χ1v) is 6.39. The van der Waals surface area contributed by atoms with Crippen LogP contribution in [0, 0.1) is 0 Å². The molecule has 1 saturated heterocycles. The number of piperazine rings is 1. The maximum Gasteiger partial charge on any atom is 0.320 e. The van der Waals surface area contributed by atoms with Gasteiger partial charge in [0.25, 0.3) is 0 Å². The van der Waals surface area contributed by atoms with E-state index in [1.807, 2.05) is 4.90 Å². The SMILES string of the molecule is CCOC(=O)CN1CC(=O)N[C@@H]2CCCC[C@@H]21. The number of nitrogens with one attached hydrogen (secondary N) is 1. The van der Waals surface area contributed by atoms with Crippen LogP contribution in [0.5, 0.6) is 0 Å². The van der Waals surface area contributed by atoms with Crippen molar-refractivity contribution in [2.75, 3.05) is 19.7 Å². The molecule has 17 heavy (non-hydrogen) atoms. The van der Waals surface area contributed by atoms with Crippen LogP contribution in [0.4, 0.5) is 0 Å². The molecule has 2 atom stereocenters. The summed E-state index contributed by atoms with van der Waals surface area (Å²) < 4.78 is 4.95. The highest BCUT2D eigenvalue weighted by atomic mass is 16.5. The van der Waals surface area contributed by atoms with Gasteiger partial charge >= 0.3 is 5.97 Å². The van der Waals surface area contributed by atoms with Gasteiger partial charge in [-0.25, -0.2) is 0 Å². The zero-order chi connectivity index (χ0) is 12.3. The summed E-state index contributed by atoms with van der Waals surface area (Å²) in [6.07, 6.45) is 4.42. The Kier molecular flexibility index (Phi) is 3.99. The topological polar surface area (TPSA) is 58.6 Å². The van der Waals surface area contributed by atoms with Crippen LogP contribution in [0.15, 0.2) is 0 Å². The maximum atomic E-state index is 11.6. The minimum Gasteiger partial charge on any atom is -0.465 e. The predicted molar refractivity (Wildman–Crippen MR) is 62.4 cm³/mol. The quantitative estimate of drug-likeness (QED) is 0.720. The molecular weight excluding hydrogens is 220 g/mol. The second-order valence-electron chi connectivity index (χ2n) is 4.74. The highest BCUT2D eigenvalue weighted by molar-refractivity contribution is 5.80. The van der Waals surface area contributed by atoms with Gasteiger partial charge < -0.3 is 10.1 Å². The van der Waals surface area contributed by atoms with Crippen molar-refractivity contribution in [2.45, 2.75) is 44.7 Å². The zero-order valence-corrected chi connectivity index (χ0v) is 10.3. The van der Waals surface area contributed by atoms with E-state index in [0.29, 0.717) is 19.2 Å². The molecule has 2 fully saturated rings. The third kappa shape index (κ3) is 2.97. The van der Waals surface area contributed by atoms with Gasteiger partial charge in [0.1, 0.15) is 0 Å². The largest absolute Gasteiger partial charge is 0.465 e. The second-order valence-corrected chi connectivity index (χ2v) is 4.74. The number of fused-ring (bicyclic) bond motifs is 1. The van der Waals surface area contributed by atoms with Crippen LogP contribution >= 0.6 is 0 Å². The maximum absolute atomic E-state index is 11.6. The number of esters is 1. The van der Waals surface area contributed by atoms with E-state index >= 15 is 0 Å². The fourth-order valence-electron chi connectivity index (χ4n) is 2.82. The van der Waals surface area contributed by atoms with Crippen LogP contribution in [0.25, 0.3) is 0 Å². The van der Waals surface area contributed by atoms with E-state index in [-0.39, 0.29) is 24.5 Å². The van der Waals surface area contributed by atoms with E-state index < -0.39 is 0 Å². The summed E-state index contributed by atoms with van der Waals surface area (Å²) >= 11 is 0. The number of hydrogen-bond donors (Lipinski definition) is 1. The molecular formula is C12H20N2O3. The number of hydrogen-bond acceptors (Lipinski definition) is 4. The van der Waals surface area contributed by atoms with E-state index in [9.17, 15) is 9.59 Å². The van der Waals surface area contributed by atoms with Crippen molar-refractivity contribution in [3.8, 4) is 0 Å². The fraction of sp³-hybridized carbons (Fsp3) is 0.833. The first kappa shape index (κ1) is 12.4. The normalized spacial score (nSPS) is 29.4. The summed E-state index contributed by atoms with van der Waals surface area (Å²) in [6, 6.07) is 0.533. The average Bonchev–Trinajstić information content (AvgIpc) is 2.29. The molecule has 1 aliphatic carbocycles. The van der Waals surface area contributed by atoms with E-state index in [1.165, 1.54) is 6.42 Å². The Balaban J connectivity index is 1.98. The standard InChI is InChI=1S/C12H20N2O3/c1-2-17-12(16)8-14-7-11(15)13-9-5-3-4-6-10(9)14/h9-10H,2-8H2,1H3,(H,13,15)/t9-,10+/m1/s1. The molecule has 5 heteroatoms. The Hall–Kier alpha value is -1.10. The van der Waals surface area contributed by atoms with Crippen molar-refractivity contribution >= 4 is 11.9 Å². The van der Waals surface area contributed by atoms with Gasteiger partial charge in [-0.3, -0.25) is 14.5 Å². The van der Waals surface area contributed by atoms with Crippen molar-refractivity contribution in [1.29, 1.82) is 0 Å². The van der Waals surface area contributed by atoms with Gasteiger partial charge in [0, 0.05) is 12.1 Å². The van der Waals surface area contributed by atoms with Crippen molar-refractivity contribution in [1.82, 2.24) is 10.2 Å². The van der Waals surface area contributed by atoms with Crippen LogP contribution in [-0.4, -0.2) is 48.6 Å². The van der Waals surface area contributed by atoms with Crippen LogP contribution < -0.4 is 5.32 Å². The van der Waals surface area contributed by atoms with Gasteiger partial charge in [-0.2, -0.15) is 0 Å². The summed E-state index contributed by atoms with van der Waals surface area (Å²) in [5.41, 5.74) is 0. The van der Waals surface area contributed by atoms with E-state index in [0.717, 1.165) is 19.3 Å². The monoisotopic (exact) mass is 240 g/mol. The van der Waals surface area contributed by atoms with Crippen molar-refractivity contribution in [3.05, 3.63) is 0 Å². The molecule has 1 aliphatic heterocycles. The lowest BCUT2D eigenvalue weighted by atomic mass is 9.87. The molecule has 0 spiro atoms. The smallest absolute Gasteiger partial charge is 0.320 e. The molecule has 0 unspecified atom stereocenters. The van der Waals surface area contributed by atoms with Crippen LogP contribution in [0.2, 0.25) is 0 Å². The van der Waals surface area contributed by atoms with E-state index in [2.05, 4.69) is 5.32 Å². The Bertz CT molecular complexity index is 306. The number of rotatable bonds is 3. The molecule has 2 aliphatic rings. The number of nitrogens with zero attached hydrogens (tertiary/aromatic N) is 1. The van der Waals surface area contributed by atoms with Gasteiger partial charge in [-0.05, 0) is 19.8 Å². The molecule has 5 nitrogen and oxygen atoms in total. The van der Waals surface area contributed by atoms with Crippen LogP contribution in [0.1, 0.15) is 32.6 Å². The Labute approximate surface area is 101 Å². The first-order valence-electron chi connectivity index (χ1n) is 6.39. The van der Waals surface area contributed by atoms with E-state index in [4.69, 9.17) is 4.74 Å². The third-order valence-corrected chi connectivity index (χ3v) is 3.53. The van der Waals surface area contributed by atoms with Crippen molar-refractivity contribution in [2.24, 2.45) is 0 Å². The molecule has 1 N–H and O–H groups in total. The Morgan fingerprint density at radius 3 is 3.00 bits per heavy atom. The van der Waals surface area contributed by atoms with Gasteiger partial charge in [0.15, 0.2) is 0 Å². The molecule has 0 aromatic rings. The second kappa shape index (κ2) is 5.49. The minimum atomic E-state index is -0.230. The molecule has 0 aromatic carbocycles. The summed E-state index contributed by atoms with van der Waals surface area (Å²) in [5.74, 6) is -0.205. The summed E-state index contributed by atoms with van der Waals surface area (Å²) in [6.45, 7) is 2.75. The first-order chi connectivity index (χ1) is 8.20. The molecule has 1 amide bonds. The third-order valence-electron chi connectivity index (χ3n) is 3.53. The van der Waals surface area contributed by atoms with E-state index in [1.54, 1.807) is 6.92 Å². The van der Waals surface area contributed by atoms with Crippen molar-refractivity contribution < 1.29 is 14.3 Å². The molecule has 0 radical (unpaired) electrons. The van der Waals surface area contributed by atoms with Crippen molar-refractivity contribution in [3.63, 3.8) is 0 Å². The lowest BCUT2D eigenvalue weighted by molar-refractivity contribution is -0.147. The number of amides is 1. The van der Waals surface area contributed by atoms with Crippen LogP contribution in [-0.2, 0) is 14.3 Å². The summed E-state index contributed by atoms with van der Waals surface area (Å²) in [7, 11) is 0. The fourth-order valence-corrected chi connectivity index (χ4v) is 2.82. The predicted octanol–water partition coefficient (Wildman–Crippen LogP) is 0.293. The molecule has 1 saturated carbocycles. The highest BCUT2D eigenvalue weighted by Crippen LogP contribution is 2.25. The zero-order valence-electron chi connectivity index (χ0n) is 10.3. The average molecular weight is 240 g/mol. The highest BCUT2D eigenvalue weighted by Gasteiger charge is 2.37. The Morgan fingerprint density at radius 1 is 1.47 bits per heavy atom. The molecule has 0 aromatic heterocycles. The number of ether oxygens (including phenoxy) is 1. The minimum absolute atomic E-state index is 0.0254.